The Balaban J connectivity index is 2.16. The van der Waals surface area contributed by atoms with Crippen molar-refractivity contribution in [3.05, 3.63) is 11.1 Å². The number of fused-ring (bicyclic) bond motifs is 2. The second-order valence-electron chi connectivity index (χ2n) is 7.91. The summed E-state index contributed by atoms with van der Waals surface area (Å²) in [5.41, 5.74) is 2.52. The van der Waals surface area contributed by atoms with Crippen LogP contribution in [-0.4, -0.2) is 25.2 Å². The van der Waals surface area contributed by atoms with E-state index in [2.05, 4.69) is 13.8 Å². The second-order valence-corrected chi connectivity index (χ2v) is 7.91. The normalized spacial score (nSPS) is 29.6. The molecule has 0 spiro atoms. The lowest BCUT2D eigenvalue weighted by atomic mass is 9.76. The minimum atomic E-state index is -0.373. The topological polar surface area (TPSA) is 52.6 Å². The molecule has 0 N–H and O–H groups in total. The summed E-state index contributed by atoms with van der Waals surface area (Å²) in [5, 5.41) is 0. The van der Waals surface area contributed by atoms with Gasteiger partial charge in [-0.05, 0) is 43.9 Å². The molecule has 0 aromatic carbocycles. The molecule has 130 valence electrons. The van der Waals surface area contributed by atoms with E-state index in [4.69, 9.17) is 9.47 Å². The smallest absolute Gasteiger partial charge is 0.310 e. The predicted molar refractivity (Wildman–Crippen MR) is 88.5 cm³/mol. The predicted octanol–water partition coefficient (Wildman–Crippen LogP) is 3.60. The van der Waals surface area contributed by atoms with Gasteiger partial charge in [0.05, 0.1) is 25.0 Å². The number of ether oxygens (including phenoxy) is 2. The molecule has 0 amide bonds. The Morgan fingerprint density at radius 3 is 1.52 bits per heavy atom. The van der Waals surface area contributed by atoms with E-state index in [1.807, 2.05) is 27.7 Å². The van der Waals surface area contributed by atoms with Crippen molar-refractivity contribution in [2.24, 2.45) is 35.5 Å². The zero-order chi connectivity index (χ0) is 17.3. The molecule has 0 radical (unpaired) electrons. The Labute approximate surface area is 139 Å². The van der Waals surface area contributed by atoms with Gasteiger partial charge in [-0.1, -0.05) is 38.8 Å². The largest absolute Gasteiger partial charge is 0.465 e. The average Bonchev–Trinajstić information content (AvgIpc) is 2.99. The van der Waals surface area contributed by atoms with Gasteiger partial charge >= 0.3 is 11.9 Å². The van der Waals surface area contributed by atoms with Gasteiger partial charge in [0.1, 0.15) is 0 Å². The molecule has 0 aliphatic heterocycles. The molecule has 23 heavy (non-hydrogen) atoms. The highest BCUT2D eigenvalue weighted by Gasteiger charge is 2.56. The van der Waals surface area contributed by atoms with Crippen molar-refractivity contribution in [2.75, 3.05) is 13.2 Å². The van der Waals surface area contributed by atoms with Crippen molar-refractivity contribution in [1.29, 1.82) is 0 Å². The van der Waals surface area contributed by atoms with E-state index in [9.17, 15) is 9.59 Å². The van der Waals surface area contributed by atoms with Crippen molar-refractivity contribution in [3.8, 4) is 0 Å². The summed E-state index contributed by atoms with van der Waals surface area (Å²) in [7, 11) is 0. The zero-order valence-corrected chi connectivity index (χ0v) is 15.2. The summed E-state index contributed by atoms with van der Waals surface area (Å²) in [6.45, 7) is 13.0. The maximum atomic E-state index is 12.6. The van der Waals surface area contributed by atoms with Crippen LogP contribution in [0.5, 0.6) is 0 Å². The number of carbonyl (C=O) groups excluding carboxylic acids is 2. The molecule has 4 heteroatoms. The molecular weight excluding hydrogens is 292 g/mol. The molecule has 2 bridgehead atoms. The molecule has 4 nitrogen and oxygen atoms in total. The lowest BCUT2D eigenvalue weighted by Gasteiger charge is -2.30. The number of esters is 2. The van der Waals surface area contributed by atoms with E-state index in [0.29, 0.717) is 25.0 Å². The van der Waals surface area contributed by atoms with Gasteiger partial charge in [-0.3, -0.25) is 9.59 Å². The van der Waals surface area contributed by atoms with Gasteiger partial charge in [0.25, 0.3) is 0 Å². The van der Waals surface area contributed by atoms with Crippen LogP contribution in [-0.2, 0) is 19.1 Å². The maximum absolute atomic E-state index is 12.6. The van der Waals surface area contributed by atoms with Crippen LogP contribution in [0.25, 0.3) is 0 Å². The molecule has 0 saturated heterocycles. The van der Waals surface area contributed by atoms with Gasteiger partial charge in [-0.15, -0.1) is 0 Å². The Hall–Kier alpha value is -1.32. The number of hydrogen-bond donors (Lipinski definition) is 0. The van der Waals surface area contributed by atoms with Gasteiger partial charge < -0.3 is 9.47 Å². The molecule has 4 unspecified atom stereocenters. The molecule has 1 saturated carbocycles. The number of rotatable bonds is 6. The van der Waals surface area contributed by atoms with Crippen molar-refractivity contribution in [1.82, 2.24) is 0 Å². The fourth-order valence-electron chi connectivity index (χ4n) is 3.86. The summed E-state index contributed by atoms with van der Waals surface area (Å²) < 4.78 is 10.9. The summed E-state index contributed by atoms with van der Waals surface area (Å²) >= 11 is 0. The van der Waals surface area contributed by atoms with Crippen LogP contribution >= 0.6 is 0 Å². The van der Waals surface area contributed by atoms with Crippen LogP contribution in [0.3, 0.4) is 0 Å². The number of allylic oxidation sites excluding steroid dienone is 2. The van der Waals surface area contributed by atoms with E-state index >= 15 is 0 Å². The van der Waals surface area contributed by atoms with Crippen molar-refractivity contribution in [2.45, 2.75) is 48.0 Å². The minimum Gasteiger partial charge on any atom is -0.465 e. The summed E-state index contributed by atoms with van der Waals surface area (Å²) in [6.07, 6.45) is 0.876. The Morgan fingerprint density at radius 1 is 0.870 bits per heavy atom. The van der Waals surface area contributed by atoms with Crippen LogP contribution in [0.4, 0.5) is 0 Å². The van der Waals surface area contributed by atoms with Gasteiger partial charge in [-0.25, -0.2) is 0 Å². The molecule has 2 aliphatic rings. The summed E-state index contributed by atoms with van der Waals surface area (Å²) in [6, 6.07) is 0. The molecule has 0 aromatic heterocycles. The Kier molecular flexibility index (Phi) is 5.53. The maximum Gasteiger partial charge on any atom is 0.310 e. The van der Waals surface area contributed by atoms with E-state index in [-0.39, 0.29) is 35.6 Å². The highest BCUT2D eigenvalue weighted by atomic mass is 16.5. The van der Waals surface area contributed by atoms with Crippen molar-refractivity contribution < 1.29 is 19.1 Å². The van der Waals surface area contributed by atoms with Crippen molar-refractivity contribution in [3.63, 3.8) is 0 Å². The lowest BCUT2D eigenvalue weighted by Crippen LogP contribution is -2.38. The molecule has 0 aromatic rings. The first kappa shape index (κ1) is 18.0. The average molecular weight is 322 g/mol. The van der Waals surface area contributed by atoms with Crippen LogP contribution in [0.1, 0.15) is 48.0 Å². The van der Waals surface area contributed by atoms with Gasteiger partial charge in [0.15, 0.2) is 0 Å². The Bertz CT molecular complexity index is 459. The van der Waals surface area contributed by atoms with Crippen LogP contribution in [0.2, 0.25) is 0 Å². The standard InChI is InChI=1S/C19H30O4/c1-10(2)8-22-18(20)16-14-7-15(13(6)12(14)5)17(16)19(21)23-9-11(3)4/h10-11,14-17H,7-9H2,1-6H3. The first-order valence-corrected chi connectivity index (χ1v) is 8.74. The highest BCUT2D eigenvalue weighted by Crippen LogP contribution is 2.55. The lowest BCUT2D eigenvalue weighted by molar-refractivity contribution is -0.162. The summed E-state index contributed by atoms with van der Waals surface area (Å²) in [4.78, 5) is 25.2. The monoisotopic (exact) mass is 322 g/mol. The van der Waals surface area contributed by atoms with Crippen molar-refractivity contribution >= 4 is 11.9 Å². The summed E-state index contributed by atoms with van der Waals surface area (Å²) in [5.74, 6) is -0.352. The second kappa shape index (κ2) is 7.06. The SMILES string of the molecule is CC1=C(C)C2CC1C(C(=O)OCC(C)C)C2C(=O)OCC(C)C. The molecule has 2 rings (SSSR count). The molecule has 2 aliphatic carbocycles. The number of hydrogen-bond acceptors (Lipinski definition) is 4. The van der Waals surface area contributed by atoms with E-state index in [1.165, 1.54) is 11.1 Å². The van der Waals surface area contributed by atoms with E-state index in [1.54, 1.807) is 0 Å². The molecule has 1 fully saturated rings. The third-order valence-corrected chi connectivity index (χ3v) is 5.16. The first-order valence-electron chi connectivity index (χ1n) is 8.74. The molecule has 0 heterocycles. The van der Waals surface area contributed by atoms with Gasteiger partial charge in [0.2, 0.25) is 0 Å². The molecule has 4 atom stereocenters. The third kappa shape index (κ3) is 3.61. The van der Waals surface area contributed by atoms with E-state index < -0.39 is 0 Å². The van der Waals surface area contributed by atoms with Crippen LogP contribution < -0.4 is 0 Å². The van der Waals surface area contributed by atoms with Crippen LogP contribution in [0, 0.1) is 35.5 Å². The quantitative estimate of drug-likeness (QED) is 0.554. The Morgan fingerprint density at radius 2 is 1.22 bits per heavy atom. The molecular formula is C19H30O4. The van der Waals surface area contributed by atoms with Crippen LogP contribution in [0.15, 0.2) is 11.1 Å². The number of carbonyl (C=O) groups is 2. The van der Waals surface area contributed by atoms with Gasteiger partial charge in [-0.2, -0.15) is 0 Å². The third-order valence-electron chi connectivity index (χ3n) is 5.16. The first-order chi connectivity index (χ1) is 10.7. The van der Waals surface area contributed by atoms with E-state index in [0.717, 1.165) is 6.42 Å². The van der Waals surface area contributed by atoms with Gasteiger partial charge in [0, 0.05) is 0 Å². The highest BCUT2D eigenvalue weighted by molar-refractivity contribution is 5.85. The fraction of sp³-hybridized carbons (Fsp3) is 0.789. The fourth-order valence-corrected chi connectivity index (χ4v) is 3.86. The minimum absolute atomic E-state index is 0.135. The zero-order valence-electron chi connectivity index (χ0n) is 15.2.